The Labute approximate surface area is 84.4 Å². The van der Waals surface area contributed by atoms with Gasteiger partial charge in [-0.05, 0) is 0 Å². The highest BCUT2D eigenvalue weighted by Gasteiger charge is 2.14. The monoisotopic (exact) mass is 215 g/mol. The number of halogens is 1. The van der Waals surface area contributed by atoms with Gasteiger partial charge in [0.25, 0.3) is 5.91 Å². The molecule has 13 heavy (non-hydrogen) atoms. The second kappa shape index (κ2) is 4.21. The normalized spacial score (nSPS) is 9.31. The van der Waals surface area contributed by atoms with Crippen LogP contribution < -0.4 is 0 Å². The Morgan fingerprint density at radius 3 is 3.08 bits per heavy atom. The quantitative estimate of drug-likeness (QED) is 0.701. The number of carbonyl (C=O) groups excluding carboxylic acids is 1. The van der Waals surface area contributed by atoms with E-state index in [9.17, 15) is 4.79 Å². The number of nitriles is 1. The zero-order valence-corrected chi connectivity index (χ0v) is 8.39. The predicted molar refractivity (Wildman–Crippen MR) is 49.7 cm³/mol. The number of hydrogen-bond donors (Lipinski definition) is 0. The largest absolute Gasteiger partial charge is 0.327 e. The molecule has 0 aliphatic heterocycles. The van der Waals surface area contributed by atoms with Crippen molar-refractivity contribution >= 4 is 28.8 Å². The molecule has 1 aromatic heterocycles. The third-order valence-electron chi connectivity index (χ3n) is 1.35. The lowest BCUT2D eigenvalue weighted by molar-refractivity contribution is 0.0807. The smallest absolute Gasteiger partial charge is 0.273 e. The average molecular weight is 216 g/mol. The Bertz CT molecular complexity index is 357. The van der Waals surface area contributed by atoms with Crippen molar-refractivity contribution in [2.45, 2.75) is 0 Å². The Morgan fingerprint density at radius 1 is 1.92 bits per heavy atom. The molecule has 1 aromatic rings. The predicted octanol–water partition coefficient (Wildman–Crippen LogP) is 1.39. The first-order valence-electron chi connectivity index (χ1n) is 3.38. The van der Waals surface area contributed by atoms with Gasteiger partial charge in [-0.3, -0.25) is 4.79 Å². The van der Waals surface area contributed by atoms with Crippen LogP contribution in [0.25, 0.3) is 0 Å². The van der Waals surface area contributed by atoms with Crippen molar-refractivity contribution in [3.05, 3.63) is 15.5 Å². The van der Waals surface area contributed by atoms with Gasteiger partial charge in [-0.25, -0.2) is 4.98 Å². The van der Waals surface area contributed by atoms with Crippen molar-refractivity contribution in [3.63, 3.8) is 0 Å². The SMILES string of the molecule is CN(CC#N)C(=O)c1csc(Cl)n1. The van der Waals surface area contributed by atoms with Crippen molar-refractivity contribution in [1.82, 2.24) is 9.88 Å². The van der Waals surface area contributed by atoms with Crippen LogP contribution in [0.3, 0.4) is 0 Å². The Morgan fingerprint density at radius 2 is 2.62 bits per heavy atom. The van der Waals surface area contributed by atoms with Crippen molar-refractivity contribution in [2.24, 2.45) is 0 Å². The molecule has 0 bridgehead atoms. The molecule has 0 fully saturated rings. The van der Waals surface area contributed by atoms with E-state index >= 15 is 0 Å². The van der Waals surface area contributed by atoms with Crippen molar-refractivity contribution in [3.8, 4) is 6.07 Å². The number of amides is 1. The first-order chi connectivity index (χ1) is 6.15. The molecule has 4 nitrogen and oxygen atoms in total. The summed E-state index contributed by atoms with van der Waals surface area (Å²) in [6.07, 6.45) is 0. The molecule has 0 spiro atoms. The molecule has 0 saturated heterocycles. The zero-order valence-electron chi connectivity index (χ0n) is 6.82. The number of thiazole rings is 1. The van der Waals surface area contributed by atoms with Gasteiger partial charge in [0.2, 0.25) is 0 Å². The summed E-state index contributed by atoms with van der Waals surface area (Å²) in [5.41, 5.74) is 0.285. The molecule has 0 radical (unpaired) electrons. The van der Waals surface area contributed by atoms with Crippen LogP contribution in [0.4, 0.5) is 0 Å². The van der Waals surface area contributed by atoms with Crippen molar-refractivity contribution in [2.75, 3.05) is 13.6 Å². The maximum absolute atomic E-state index is 11.4. The lowest BCUT2D eigenvalue weighted by Crippen LogP contribution is -2.27. The summed E-state index contributed by atoms with van der Waals surface area (Å²) in [6, 6.07) is 1.87. The van der Waals surface area contributed by atoms with Gasteiger partial charge in [-0.2, -0.15) is 5.26 Å². The summed E-state index contributed by atoms with van der Waals surface area (Å²) < 4.78 is 0.328. The second-order valence-electron chi connectivity index (χ2n) is 2.31. The van der Waals surface area contributed by atoms with Crippen LogP contribution in [0.5, 0.6) is 0 Å². The molecule has 0 unspecified atom stereocenters. The highest BCUT2D eigenvalue weighted by molar-refractivity contribution is 7.14. The summed E-state index contributed by atoms with van der Waals surface area (Å²) in [7, 11) is 1.54. The standard InChI is InChI=1S/C7H6ClN3OS/c1-11(3-2-9)6(12)5-4-13-7(8)10-5/h4H,3H2,1H3. The first-order valence-corrected chi connectivity index (χ1v) is 4.64. The van der Waals surface area contributed by atoms with Gasteiger partial charge in [-0.15, -0.1) is 11.3 Å². The number of hydrogen-bond acceptors (Lipinski definition) is 4. The van der Waals surface area contributed by atoms with Gasteiger partial charge in [0.15, 0.2) is 4.47 Å². The summed E-state index contributed by atoms with van der Waals surface area (Å²) in [5.74, 6) is -0.287. The Kier molecular flexibility index (Phi) is 3.23. The summed E-state index contributed by atoms with van der Waals surface area (Å²) >= 11 is 6.75. The molecule has 1 heterocycles. The van der Waals surface area contributed by atoms with E-state index in [0.717, 1.165) is 0 Å². The minimum Gasteiger partial charge on any atom is -0.327 e. The molecule has 0 saturated carbocycles. The third kappa shape index (κ3) is 2.41. The minimum atomic E-state index is -0.287. The lowest BCUT2D eigenvalue weighted by atomic mass is 10.4. The molecule has 0 aromatic carbocycles. The van der Waals surface area contributed by atoms with Gasteiger partial charge < -0.3 is 4.90 Å². The summed E-state index contributed by atoms with van der Waals surface area (Å²) in [5, 5.41) is 9.92. The van der Waals surface area contributed by atoms with Gasteiger partial charge in [0.1, 0.15) is 12.2 Å². The second-order valence-corrected chi connectivity index (χ2v) is 3.75. The minimum absolute atomic E-state index is 0.0496. The zero-order chi connectivity index (χ0) is 9.84. The van der Waals surface area contributed by atoms with Crippen molar-refractivity contribution < 1.29 is 4.79 Å². The lowest BCUT2D eigenvalue weighted by Gasteiger charge is -2.09. The molecule has 0 N–H and O–H groups in total. The maximum atomic E-state index is 11.4. The molecule has 6 heteroatoms. The number of nitrogens with zero attached hydrogens (tertiary/aromatic N) is 3. The fraction of sp³-hybridized carbons (Fsp3) is 0.286. The van der Waals surface area contributed by atoms with Gasteiger partial charge >= 0.3 is 0 Å². The number of aromatic nitrogens is 1. The van der Waals surface area contributed by atoms with E-state index in [1.54, 1.807) is 12.4 Å². The van der Waals surface area contributed by atoms with Crippen LogP contribution in [-0.2, 0) is 0 Å². The molecule has 68 valence electrons. The molecule has 0 atom stereocenters. The van der Waals surface area contributed by atoms with Crippen LogP contribution in [0.1, 0.15) is 10.5 Å². The van der Waals surface area contributed by atoms with E-state index in [1.807, 2.05) is 6.07 Å². The van der Waals surface area contributed by atoms with Gasteiger partial charge in [0.05, 0.1) is 6.07 Å². The highest BCUT2D eigenvalue weighted by Crippen LogP contribution is 2.15. The fourth-order valence-electron chi connectivity index (χ4n) is 0.723. The van der Waals surface area contributed by atoms with E-state index in [0.29, 0.717) is 4.47 Å². The van der Waals surface area contributed by atoms with E-state index < -0.39 is 0 Å². The molecular weight excluding hydrogens is 210 g/mol. The van der Waals surface area contributed by atoms with Crippen LogP contribution in [0.15, 0.2) is 5.38 Å². The molecule has 0 aliphatic rings. The van der Waals surface area contributed by atoms with Crippen LogP contribution >= 0.6 is 22.9 Å². The van der Waals surface area contributed by atoms with Crippen LogP contribution in [0.2, 0.25) is 4.47 Å². The van der Waals surface area contributed by atoms with Crippen molar-refractivity contribution in [1.29, 1.82) is 5.26 Å². The Balaban J connectivity index is 2.74. The van der Waals surface area contributed by atoms with Crippen LogP contribution in [0, 0.1) is 11.3 Å². The molecular formula is C7H6ClN3OS. The maximum Gasteiger partial charge on any atom is 0.273 e. The average Bonchev–Trinajstić information content (AvgIpc) is 2.51. The topological polar surface area (TPSA) is 57.0 Å². The van der Waals surface area contributed by atoms with E-state index in [1.165, 1.54) is 16.2 Å². The molecule has 1 amide bonds. The van der Waals surface area contributed by atoms with Gasteiger partial charge in [-0.1, -0.05) is 11.6 Å². The first kappa shape index (κ1) is 9.96. The molecule has 1 rings (SSSR count). The van der Waals surface area contributed by atoms with E-state index in [-0.39, 0.29) is 18.1 Å². The van der Waals surface area contributed by atoms with Gasteiger partial charge in [0, 0.05) is 12.4 Å². The summed E-state index contributed by atoms with van der Waals surface area (Å²) in [6.45, 7) is 0.0496. The number of carbonyl (C=O) groups is 1. The molecule has 0 aliphatic carbocycles. The third-order valence-corrected chi connectivity index (χ3v) is 2.33. The summed E-state index contributed by atoms with van der Waals surface area (Å²) in [4.78, 5) is 16.5. The Hall–Kier alpha value is -1.12. The highest BCUT2D eigenvalue weighted by atomic mass is 35.5. The fourth-order valence-corrected chi connectivity index (χ4v) is 1.46. The van der Waals surface area contributed by atoms with E-state index in [2.05, 4.69) is 4.98 Å². The van der Waals surface area contributed by atoms with E-state index in [4.69, 9.17) is 16.9 Å². The van der Waals surface area contributed by atoms with Crippen LogP contribution in [-0.4, -0.2) is 29.4 Å². The number of rotatable bonds is 2.